The zero-order valence-corrected chi connectivity index (χ0v) is 16.6. The van der Waals surface area contributed by atoms with Crippen LogP contribution in [0, 0.1) is 0 Å². The normalized spacial score (nSPS) is 22.3. The van der Waals surface area contributed by atoms with Crippen LogP contribution in [0.1, 0.15) is 42.2 Å². The SMILES string of the molecule is COc1cccc(C2CC(=O)C3=C(C2)NC(=O)CC3c2ccccc2Br)c1. The van der Waals surface area contributed by atoms with Crippen LogP contribution >= 0.6 is 15.9 Å². The van der Waals surface area contributed by atoms with Gasteiger partial charge >= 0.3 is 0 Å². The lowest BCUT2D eigenvalue weighted by Gasteiger charge is -2.34. The molecule has 2 aromatic rings. The number of Topliss-reactive ketones (excluding diaryl/α,β-unsaturated/α-hetero) is 1. The topological polar surface area (TPSA) is 55.4 Å². The number of allylic oxidation sites excluding steroid dienone is 2. The second-order valence-corrected chi connectivity index (χ2v) is 7.88. The van der Waals surface area contributed by atoms with Crippen molar-refractivity contribution in [2.45, 2.75) is 31.1 Å². The molecule has 138 valence electrons. The molecule has 2 unspecified atom stereocenters. The van der Waals surface area contributed by atoms with Crippen LogP contribution in [0.3, 0.4) is 0 Å². The summed E-state index contributed by atoms with van der Waals surface area (Å²) < 4.78 is 6.24. The Morgan fingerprint density at radius 1 is 1.04 bits per heavy atom. The first-order valence-corrected chi connectivity index (χ1v) is 9.80. The van der Waals surface area contributed by atoms with E-state index in [0.717, 1.165) is 32.6 Å². The minimum absolute atomic E-state index is 0.0337. The second-order valence-electron chi connectivity index (χ2n) is 7.02. The molecule has 0 spiro atoms. The Kier molecular flexibility index (Phi) is 4.87. The molecule has 4 nitrogen and oxygen atoms in total. The Morgan fingerprint density at radius 2 is 1.85 bits per heavy atom. The van der Waals surface area contributed by atoms with E-state index in [2.05, 4.69) is 21.2 Å². The van der Waals surface area contributed by atoms with E-state index in [1.807, 2.05) is 48.5 Å². The summed E-state index contributed by atoms with van der Waals surface area (Å²) in [5.74, 6) is 0.713. The van der Waals surface area contributed by atoms with Gasteiger partial charge in [0, 0.05) is 34.5 Å². The molecule has 2 aliphatic rings. The molecule has 4 rings (SSSR count). The van der Waals surface area contributed by atoms with Gasteiger partial charge in [-0.15, -0.1) is 0 Å². The van der Waals surface area contributed by atoms with Crippen molar-refractivity contribution in [1.82, 2.24) is 5.32 Å². The quantitative estimate of drug-likeness (QED) is 0.789. The molecular weight excluding hydrogens is 406 g/mol. The van der Waals surface area contributed by atoms with E-state index in [-0.39, 0.29) is 23.5 Å². The number of carbonyl (C=O) groups is 2. The molecule has 0 aromatic heterocycles. The summed E-state index contributed by atoms with van der Waals surface area (Å²) in [6.45, 7) is 0. The van der Waals surface area contributed by atoms with E-state index in [1.54, 1.807) is 7.11 Å². The largest absolute Gasteiger partial charge is 0.497 e. The molecule has 2 atom stereocenters. The number of methoxy groups -OCH3 is 1. The first-order chi connectivity index (χ1) is 13.1. The first-order valence-electron chi connectivity index (χ1n) is 9.01. The van der Waals surface area contributed by atoms with Crippen molar-refractivity contribution in [2.75, 3.05) is 7.11 Å². The van der Waals surface area contributed by atoms with Crippen molar-refractivity contribution in [3.05, 3.63) is 75.4 Å². The second kappa shape index (κ2) is 7.31. The summed E-state index contributed by atoms with van der Waals surface area (Å²) in [6.07, 6.45) is 1.40. The fourth-order valence-corrected chi connectivity index (χ4v) is 4.68. The van der Waals surface area contributed by atoms with Gasteiger partial charge in [0.1, 0.15) is 5.75 Å². The highest BCUT2D eigenvalue weighted by atomic mass is 79.9. The van der Waals surface area contributed by atoms with Gasteiger partial charge in [0.05, 0.1) is 7.11 Å². The zero-order chi connectivity index (χ0) is 19.0. The van der Waals surface area contributed by atoms with Crippen LogP contribution in [0.2, 0.25) is 0 Å². The summed E-state index contributed by atoms with van der Waals surface area (Å²) in [7, 11) is 1.63. The highest BCUT2D eigenvalue weighted by Gasteiger charge is 2.38. The molecule has 0 saturated carbocycles. The van der Waals surface area contributed by atoms with Crippen LogP contribution in [0.15, 0.2) is 64.3 Å². The van der Waals surface area contributed by atoms with E-state index >= 15 is 0 Å². The molecule has 2 aromatic carbocycles. The molecule has 1 N–H and O–H groups in total. The van der Waals surface area contributed by atoms with Crippen LogP contribution in [0.5, 0.6) is 5.75 Å². The Balaban J connectivity index is 1.72. The Morgan fingerprint density at radius 3 is 2.63 bits per heavy atom. The lowest BCUT2D eigenvalue weighted by Crippen LogP contribution is -2.38. The summed E-state index contributed by atoms with van der Waals surface area (Å²) in [4.78, 5) is 25.5. The molecule has 1 amide bonds. The van der Waals surface area contributed by atoms with Crippen molar-refractivity contribution in [1.29, 1.82) is 0 Å². The van der Waals surface area contributed by atoms with Crippen LogP contribution in [-0.2, 0) is 9.59 Å². The van der Waals surface area contributed by atoms with Gasteiger partial charge in [-0.05, 0) is 41.7 Å². The maximum atomic E-state index is 13.1. The third kappa shape index (κ3) is 3.44. The average Bonchev–Trinajstić information content (AvgIpc) is 2.67. The standard InChI is InChI=1S/C22H20BrNO3/c1-27-15-6-4-5-13(9-15)14-10-19-22(20(25)11-14)17(12-21(26)24-19)16-7-2-3-8-18(16)23/h2-9,14,17H,10-12H2,1H3,(H,24,26). The van der Waals surface area contributed by atoms with Gasteiger partial charge in [-0.2, -0.15) is 0 Å². The Bertz CT molecular complexity index is 950. The van der Waals surface area contributed by atoms with Gasteiger partial charge in [-0.25, -0.2) is 0 Å². The molecule has 1 aliphatic heterocycles. The predicted octanol–water partition coefficient (Wildman–Crippen LogP) is 4.46. The highest BCUT2D eigenvalue weighted by Crippen LogP contribution is 2.44. The molecule has 0 bridgehead atoms. The van der Waals surface area contributed by atoms with Gasteiger partial charge in [0.15, 0.2) is 5.78 Å². The highest BCUT2D eigenvalue weighted by molar-refractivity contribution is 9.10. The van der Waals surface area contributed by atoms with E-state index in [9.17, 15) is 9.59 Å². The number of nitrogens with one attached hydrogen (secondary N) is 1. The summed E-state index contributed by atoms with van der Waals surface area (Å²) >= 11 is 3.57. The van der Waals surface area contributed by atoms with Crippen LogP contribution in [-0.4, -0.2) is 18.8 Å². The molecule has 0 radical (unpaired) electrons. The maximum Gasteiger partial charge on any atom is 0.225 e. The van der Waals surface area contributed by atoms with Gasteiger partial charge in [0.2, 0.25) is 5.91 Å². The van der Waals surface area contributed by atoms with Crippen molar-refractivity contribution in [3.63, 3.8) is 0 Å². The lowest BCUT2D eigenvalue weighted by atomic mass is 9.73. The van der Waals surface area contributed by atoms with E-state index in [4.69, 9.17) is 4.74 Å². The zero-order valence-electron chi connectivity index (χ0n) is 15.0. The number of benzene rings is 2. The van der Waals surface area contributed by atoms with Gasteiger partial charge in [0.25, 0.3) is 0 Å². The number of ether oxygens (including phenoxy) is 1. The molecular formula is C22H20BrNO3. The third-order valence-electron chi connectivity index (χ3n) is 5.38. The van der Waals surface area contributed by atoms with Crippen LogP contribution < -0.4 is 10.1 Å². The number of ketones is 1. The van der Waals surface area contributed by atoms with Gasteiger partial charge in [-0.1, -0.05) is 46.3 Å². The van der Waals surface area contributed by atoms with Crippen LogP contribution in [0.25, 0.3) is 0 Å². The van der Waals surface area contributed by atoms with Crippen molar-refractivity contribution >= 4 is 27.6 Å². The maximum absolute atomic E-state index is 13.1. The van der Waals surface area contributed by atoms with Gasteiger partial charge in [-0.3, -0.25) is 9.59 Å². The number of amides is 1. The number of carbonyl (C=O) groups excluding carboxylic acids is 2. The van der Waals surface area contributed by atoms with E-state index in [0.29, 0.717) is 19.3 Å². The molecule has 5 heteroatoms. The fraction of sp³-hybridized carbons (Fsp3) is 0.273. The minimum Gasteiger partial charge on any atom is -0.497 e. The number of halogens is 1. The third-order valence-corrected chi connectivity index (χ3v) is 6.10. The van der Waals surface area contributed by atoms with E-state index < -0.39 is 0 Å². The summed E-state index contributed by atoms with van der Waals surface area (Å²) in [5, 5.41) is 2.97. The van der Waals surface area contributed by atoms with Crippen molar-refractivity contribution in [2.24, 2.45) is 0 Å². The minimum atomic E-state index is -0.192. The number of rotatable bonds is 3. The molecule has 27 heavy (non-hydrogen) atoms. The molecule has 1 aliphatic carbocycles. The first kappa shape index (κ1) is 18.0. The monoisotopic (exact) mass is 425 g/mol. The molecule has 0 saturated heterocycles. The fourth-order valence-electron chi connectivity index (χ4n) is 4.11. The van der Waals surface area contributed by atoms with Crippen molar-refractivity contribution < 1.29 is 14.3 Å². The molecule has 1 heterocycles. The lowest BCUT2D eigenvalue weighted by molar-refractivity contribution is -0.122. The van der Waals surface area contributed by atoms with Crippen LogP contribution in [0.4, 0.5) is 0 Å². The predicted molar refractivity (Wildman–Crippen MR) is 107 cm³/mol. The average molecular weight is 426 g/mol. The summed E-state index contributed by atoms with van der Waals surface area (Å²) in [6, 6.07) is 15.6. The Labute approximate surface area is 166 Å². The Hall–Kier alpha value is -2.40. The smallest absolute Gasteiger partial charge is 0.225 e. The summed E-state index contributed by atoms with van der Waals surface area (Å²) in [5.41, 5.74) is 3.59. The van der Waals surface area contributed by atoms with Gasteiger partial charge < -0.3 is 10.1 Å². The number of hydrogen-bond donors (Lipinski definition) is 1. The number of hydrogen-bond acceptors (Lipinski definition) is 3. The van der Waals surface area contributed by atoms with Crippen molar-refractivity contribution in [3.8, 4) is 5.75 Å². The van der Waals surface area contributed by atoms with E-state index in [1.165, 1.54) is 0 Å². The molecule has 0 fully saturated rings.